The van der Waals surface area contributed by atoms with E-state index >= 15 is 0 Å². The lowest BCUT2D eigenvalue weighted by Crippen LogP contribution is -2.65. The number of ether oxygens (including phenoxy) is 13. The summed E-state index contributed by atoms with van der Waals surface area (Å²) in [4.78, 5) is 0. The zero-order valence-electron chi connectivity index (χ0n) is 56.3. The first-order valence-electron chi connectivity index (χ1n) is 30.9. The molecule has 0 aromatic rings. The van der Waals surface area contributed by atoms with E-state index in [1.807, 2.05) is 0 Å². The van der Waals surface area contributed by atoms with E-state index in [1.54, 1.807) is 0 Å². The van der Waals surface area contributed by atoms with Crippen molar-refractivity contribution in [2.75, 3.05) is 46.2 Å². The minimum atomic E-state index is -5.90. The maximum atomic E-state index is 12.4. The van der Waals surface area contributed by atoms with Crippen molar-refractivity contribution in [1.29, 1.82) is 0 Å². The van der Waals surface area contributed by atoms with Crippen LogP contribution in [0.15, 0.2) is 0 Å². The summed E-state index contributed by atoms with van der Waals surface area (Å²) in [5.41, 5.74) is 0. The van der Waals surface area contributed by atoms with Crippen LogP contribution in [0.3, 0.4) is 0 Å². The molecular formula is C42H72O62S12. The van der Waals surface area contributed by atoms with Gasteiger partial charge in [0.1, 0.15) is 146 Å². The van der Waals surface area contributed by atoms with Crippen molar-refractivity contribution in [3.8, 4) is 0 Å². The Morgan fingerprint density at radius 1 is 0.224 bits per heavy atom. The van der Waals surface area contributed by atoms with Gasteiger partial charge in [0.2, 0.25) is 0 Å². The molecule has 0 amide bonds. The quantitative estimate of drug-likeness (QED) is 0.0199. The first kappa shape index (κ1) is 103. The lowest BCUT2D eigenvalue weighted by atomic mass is 9.97. The van der Waals surface area contributed by atoms with Crippen molar-refractivity contribution >= 4 is 134 Å². The first-order chi connectivity index (χ1) is 53.7. The average molecular weight is 1950 g/mol. The van der Waals surface area contributed by atoms with Crippen molar-refractivity contribution in [2.24, 2.45) is 0 Å². The van der Waals surface area contributed by atoms with E-state index in [2.05, 4.69) is 29.3 Å². The molecule has 0 unspecified atom stereocenters. The molecule has 0 saturated carbocycles. The monoisotopic (exact) mass is 1950 g/mol. The van der Waals surface area contributed by atoms with Gasteiger partial charge in [0.25, 0.3) is 0 Å². The van der Waals surface area contributed by atoms with E-state index in [4.69, 9.17) is 87.0 Å². The number of aliphatic hydroxyl groups is 11. The summed E-state index contributed by atoms with van der Waals surface area (Å²) < 4.78 is 412. The number of rotatable bonds is 43. The van der Waals surface area contributed by atoms with Crippen molar-refractivity contribution < 1.29 is 282 Å². The summed E-state index contributed by atoms with van der Waals surface area (Å²) in [5, 5.41) is 122. The lowest BCUT2D eigenvalue weighted by Gasteiger charge is -2.46. The molecule has 0 aromatic carbocycles. The van der Waals surface area contributed by atoms with Gasteiger partial charge >= 0.3 is 72.8 Å². The molecule has 0 radical (unpaired) electrons. The van der Waals surface area contributed by atoms with Crippen LogP contribution in [0.25, 0.3) is 0 Å². The second-order valence-electron chi connectivity index (χ2n) is 24.0. The van der Waals surface area contributed by atoms with Crippen molar-refractivity contribution in [2.45, 2.75) is 215 Å². The Kier molecular flexibility index (Phi) is 38.7. The Morgan fingerprint density at radius 2 is 0.474 bits per heavy atom. The lowest BCUT2D eigenvalue weighted by molar-refractivity contribution is -0.347. The summed E-state index contributed by atoms with van der Waals surface area (Å²) in [6.45, 7) is -9.22. The average Bonchev–Trinajstić information content (AvgIpc) is 0.783. The zero-order valence-corrected chi connectivity index (χ0v) is 66.1. The third-order valence-corrected chi connectivity index (χ3v) is 21.3. The van der Waals surface area contributed by atoms with Crippen LogP contribution in [0.2, 0.25) is 0 Å². The number of hydrogen-bond acceptors (Lipinski definition) is 60. The van der Waals surface area contributed by atoms with Gasteiger partial charge in [0.05, 0.1) is 46.2 Å². The van der Waals surface area contributed by atoms with E-state index in [-0.39, 0.29) is 12.3 Å². The Hall–Kier alpha value is -0.520. The van der Waals surface area contributed by atoms with Crippen LogP contribution in [0.1, 0.15) is 0 Å². The van der Waals surface area contributed by atoms with Gasteiger partial charge in [-0.05, 0) is 0 Å². The molecule has 7 aliphatic heterocycles. The fraction of sp³-hybridized carbons (Fsp3) is 1.00. The van der Waals surface area contributed by atoms with Crippen LogP contribution < -0.4 is 0 Å². The van der Waals surface area contributed by atoms with Crippen LogP contribution in [0.5, 0.6) is 0 Å². The maximum Gasteiger partial charge on any atom is 0.397 e. The largest absolute Gasteiger partial charge is 0.397 e. The number of hydrogen-bond donors (Lipinski definition) is 23. The summed E-state index contributed by atoms with van der Waals surface area (Å²) in [6.07, 6.45) is -85.0. The van der Waals surface area contributed by atoms with Gasteiger partial charge in [0, 0.05) is 0 Å². The Labute approximate surface area is 673 Å². The fourth-order valence-electron chi connectivity index (χ4n) is 11.8. The molecule has 35 atom stereocenters. The van der Waals surface area contributed by atoms with E-state index in [9.17, 15) is 165 Å². The molecule has 0 aliphatic carbocycles. The zero-order chi connectivity index (χ0) is 86.9. The van der Waals surface area contributed by atoms with E-state index < -0.39 is 383 Å². The third-order valence-electron chi connectivity index (χ3n) is 16.5. The highest BCUT2D eigenvalue weighted by Crippen LogP contribution is 2.39. The maximum absolute atomic E-state index is 12.4. The topological polar surface area (TPSA) is 935 Å². The minimum Gasteiger partial charge on any atom is -0.394 e. The molecule has 0 bridgehead atoms. The molecular weight excluding hydrogens is 1880 g/mol. The second kappa shape index (κ2) is 43.8. The van der Waals surface area contributed by atoms with E-state index in [1.165, 1.54) is 0 Å². The van der Waals surface area contributed by atoms with Crippen LogP contribution in [0.4, 0.5) is 0 Å². The summed E-state index contributed by atoms with van der Waals surface area (Å²) in [6, 6.07) is 0. The van der Waals surface area contributed by atoms with E-state index in [0.29, 0.717) is 0 Å². The molecule has 7 heterocycles. The van der Waals surface area contributed by atoms with Crippen LogP contribution in [-0.4, -0.2) is 431 Å². The second-order valence-corrected chi connectivity index (χ2v) is 33.1. The minimum absolute atomic E-state index is 0.386. The summed E-state index contributed by atoms with van der Waals surface area (Å²) in [7, 11) is -40.4. The standard InChI is InChI=1S/C42H72O62S12/c43-1-8-24(93-105-54)20(49)34(103-115(74,75)76)41(87-8)83-4-11-25(94-106-55)18(47)19(48)37(90-11)80-2-9-15(44)17(46)33(102-114(71,72)73)40(88-9)84-6-13-27(95-107-56)30(99-111(62,63)64)22(51)38(91-13)81-3-10-16(45)29(97-109-58)35(104-116(77,78)79)42(89-10)85-7-14-28(96-108-57)31(100-112(65,66)67)23(52)39(92-14)82-5-12-26(98-110(59,60)61)21(50)32(36(53)86-12)101-113(68,69)70/h8-58H,1-7H2,(H,59,60,61)(H,62,63,64)(H,65,66,67)(H,68,69,70)(H,71,72,73)(H,74,75,76)(H,77,78,79)/t8-,9-,10-,11-,12-,13-,14-,15-,16-,17+,18-,19-,20+,21+,22-,23-,24-,25-,26-,27-,28-,29+,30-,31-,32-,33-,34-,35-,36+,37+,38+,39+,40+,41+,42+/m1/s1. The Morgan fingerprint density at radius 3 is 0.862 bits per heavy atom. The molecule has 7 rings (SSSR count). The summed E-state index contributed by atoms with van der Waals surface area (Å²) in [5.74, 6) is 0. The molecule has 0 aromatic heterocycles. The summed E-state index contributed by atoms with van der Waals surface area (Å²) >= 11 is -2.89. The van der Waals surface area contributed by atoms with Gasteiger partial charge in [-0.1, -0.05) is 0 Å². The Bertz CT molecular complexity index is 3900. The van der Waals surface area contributed by atoms with E-state index in [0.717, 1.165) is 0 Å². The van der Waals surface area contributed by atoms with Gasteiger partial charge in [-0.2, -0.15) is 58.9 Å². The molecule has 62 nitrogen and oxygen atoms in total. The van der Waals surface area contributed by atoms with Gasteiger partial charge in [-0.25, -0.2) is 29.3 Å². The Balaban J connectivity index is 1.13. The van der Waals surface area contributed by atoms with Gasteiger partial charge < -0.3 is 141 Å². The van der Waals surface area contributed by atoms with Gasteiger partial charge in [-0.3, -0.25) is 52.8 Å². The highest BCUT2D eigenvalue weighted by molar-refractivity contribution is 7.89. The molecule has 7 fully saturated rings. The smallest absolute Gasteiger partial charge is 0.394 e. The van der Waals surface area contributed by atoms with Gasteiger partial charge in [0.15, 0.2) is 130 Å². The normalized spacial score (nSPS) is 40.9. The fourth-order valence-corrected chi connectivity index (χ4v) is 16.9. The van der Waals surface area contributed by atoms with Crippen LogP contribution >= 0.6 is 61.6 Å². The van der Waals surface area contributed by atoms with Gasteiger partial charge in [-0.15, -0.1) is 0 Å². The SMILES string of the molecule is O=S(=O)(O)O[C@@H]1[C@@H](O)[C@@H](OC[C@H]2O[C@H](OC[C@H]3O[C@H](OC[C@H]4O[C@H](O)[C@H](OS(=O)(=O)O)[C@@H](O)[C@@H]4OS(=O)(=O)O)[C@H](O)[C@@H](OS(=O)(=O)O)[C@@H]3OSO)[C@H](OS(=O)(=O)O)[C@@H](OSO)[C@@H]2O)O[C@H](CO[C@H]2O[C@H](CO[C@H]3O[C@H](CO[C@H]4O[C@H](CO)[C@@H](OSO)[C@H](O)[C@H]4OS(=O)(=O)O)[C@@H](OSO)[C@H](O)[C@H]3O)[C@@H](O)[C@H](O)[C@H]2OS(=O)(=O)O)[C@H]1OSO. The van der Waals surface area contributed by atoms with Crippen LogP contribution in [0, 0.1) is 0 Å². The molecule has 74 heteroatoms. The molecule has 23 N–H and O–H groups in total. The molecule has 7 aliphatic rings. The molecule has 7 saturated heterocycles. The molecule has 0 spiro atoms. The van der Waals surface area contributed by atoms with Crippen LogP contribution in [-0.2, 0) is 185 Å². The van der Waals surface area contributed by atoms with Crippen molar-refractivity contribution in [3.63, 3.8) is 0 Å². The molecule has 684 valence electrons. The third kappa shape index (κ3) is 29.3. The number of aliphatic hydroxyl groups excluding tert-OH is 11. The predicted octanol–water partition coefficient (Wildman–Crippen LogP) is -11.8. The molecule has 116 heavy (non-hydrogen) atoms. The first-order valence-corrected chi connectivity index (χ1v) is 43.9. The van der Waals surface area contributed by atoms with Crippen molar-refractivity contribution in [3.05, 3.63) is 0 Å². The predicted molar refractivity (Wildman–Crippen MR) is 350 cm³/mol. The highest BCUT2D eigenvalue weighted by atomic mass is 32.3. The highest BCUT2D eigenvalue weighted by Gasteiger charge is 2.59. The van der Waals surface area contributed by atoms with Crippen molar-refractivity contribution in [1.82, 2.24) is 0 Å².